The molecule has 0 bridgehead atoms. The largest absolute Gasteiger partial charge is 0.394 e. The highest BCUT2D eigenvalue weighted by molar-refractivity contribution is 4.80. The molecule has 1 heterocycles. The van der Waals surface area contributed by atoms with Gasteiger partial charge in [-0.15, -0.1) is 0 Å². The average molecular weight is 178 g/mol. The summed E-state index contributed by atoms with van der Waals surface area (Å²) in [6.07, 6.45) is -2.88. The van der Waals surface area contributed by atoms with Gasteiger partial charge in [-0.1, -0.05) is 0 Å². The summed E-state index contributed by atoms with van der Waals surface area (Å²) < 4.78 is 9.83. The molecule has 1 saturated heterocycles. The fourth-order valence-corrected chi connectivity index (χ4v) is 1.24. The van der Waals surface area contributed by atoms with E-state index in [1.807, 2.05) is 0 Å². The third-order valence-corrected chi connectivity index (χ3v) is 1.95. The van der Waals surface area contributed by atoms with E-state index in [-0.39, 0.29) is 13.0 Å². The van der Waals surface area contributed by atoms with Crippen molar-refractivity contribution in [3.63, 3.8) is 0 Å². The predicted molar refractivity (Wildman–Crippen MR) is 39.4 cm³/mol. The first kappa shape index (κ1) is 9.88. The van der Waals surface area contributed by atoms with Gasteiger partial charge in [0.05, 0.1) is 12.7 Å². The molecule has 0 saturated carbocycles. The van der Waals surface area contributed by atoms with Gasteiger partial charge in [-0.2, -0.15) is 0 Å². The molecule has 0 spiro atoms. The fraction of sp³-hybridized carbons (Fsp3) is 1.00. The van der Waals surface area contributed by atoms with Gasteiger partial charge >= 0.3 is 0 Å². The van der Waals surface area contributed by atoms with Crippen LogP contribution in [0.5, 0.6) is 0 Å². The summed E-state index contributed by atoms with van der Waals surface area (Å²) in [6, 6.07) is 0. The summed E-state index contributed by atoms with van der Waals surface area (Å²) in [5, 5.41) is 27.3. The van der Waals surface area contributed by atoms with Crippen molar-refractivity contribution in [2.75, 3.05) is 13.7 Å². The summed E-state index contributed by atoms with van der Waals surface area (Å²) >= 11 is 0. The number of rotatable bonds is 2. The van der Waals surface area contributed by atoms with Crippen molar-refractivity contribution in [2.45, 2.75) is 31.0 Å². The van der Waals surface area contributed by atoms with Crippen molar-refractivity contribution >= 4 is 0 Å². The molecule has 0 aromatic heterocycles. The van der Waals surface area contributed by atoms with Crippen LogP contribution in [0.4, 0.5) is 0 Å². The Morgan fingerprint density at radius 2 is 2.08 bits per heavy atom. The Hall–Kier alpha value is -0.200. The van der Waals surface area contributed by atoms with Crippen LogP contribution in [-0.4, -0.2) is 53.6 Å². The Labute approximate surface area is 70.5 Å². The van der Waals surface area contributed by atoms with Gasteiger partial charge in [0.25, 0.3) is 0 Å². The molecule has 0 amide bonds. The predicted octanol–water partition coefficient (Wildman–Crippen LogP) is -1.54. The Morgan fingerprint density at radius 3 is 2.58 bits per heavy atom. The van der Waals surface area contributed by atoms with Crippen molar-refractivity contribution in [1.82, 2.24) is 0 Å². The number of ether oxygens (including phenoxy) is 2. The van der Waals surface area contributed by atoms with E-state index in [0.29, 0.717) is 0 Å². The normalized spacial score (nSPS) is 43.0. The zero-order valence-corrected chi connectivity index (χ0v) is 6.88. The van der Waals surface area contributed by atoms with E-state index in [2.05, 4.69) is 0 Å². The summed E-state index contributed by atoms with van der Waals surface area (Å²) in [5.74, 6) is 0. The highest BCUT2D eigenvalue weighted by Gasteiger charge is 2.35. The van der Waals surface area contributed by atoms with Crippen molar-refractivity contribution < 1.29 is 24.8 Å². The number of hydrogen-bond acceptors (Lipinski definition) is 5. The Morgan fingerprint density at radius 1 is 1.42 bits per heavy atom. The molecule has 5 nitrogen and oxygen atoms in total. The Kier molecular flexibility index (Phi) is 3.42. The topological polar surface area (TPSA) is 79.2 Å². The van der Waals surface area contributed by atoms with E-state index in [0.717, 1.165) is 0 Å². The smallest absolute Gasteiger partial charge is 0.183 e. The molecule has 1 rings (SSSR count). The standard InChI is InChI=1S/C7H14O5/c1-11-7-5(10)2-4(9)6(3-8)12-7/h4-10H,2-3H2,1H3/t4-,5+,6+,7-/m0/s1. The molecule has 1 fully saturated rings. The molecule has 0 aliphatic carbocycles. The third-order valence-electron chi connectivity index (χ3n) is 1.95. The lowest BCUT2D eigenvalue weighted by Gasteiger charge is -2.35. The first-order valence-electron chi connectivity index (χ1n) is 3.84. The van der Waals surface area contributed by atoms with Crippen molar-refractivity contribution in [3.05, 3.63) is 0 Å². The van der Waals surface area contributed by atoms with E-state index in [1.54, 1.807) is 0 Å². The molecule has 0 unspecified atom stereocenters. The lowest BCUT2D eigenvalue weighted by Crippen LogP contribution is -2.49. The van der Waals surface area contributed by atoms with Crippen molar-refractivity contribution in [3.8, 4) is 0 Å². The van der Waals surface area contributed by atoms with Gasteiger partial charge in [-0.3, -0.25) is 0 Å². The van der Waals surface area contributed by atoms with Gasteiger partial charge in [0.15, 0.2) is 6.29 Å². The summed E-state index contributed by atoms with van der Waals surface area (Å²) in [7, 11) is 1.40. The second-order valence-corrected chi connectivity index (χ2v) is 2.83. The molecule has 3 N–H and O–H groups in total. The molecule has 0 aromatic carbocycles. The minimum Gasteiger partial charge on any atom is -0.394 e. The number of methoxy groups -OCH3 is 1. The minimum atomic E-state index is -0.826. The molecule has 12 heavy (non-hydrogen) atoms. The molecule has 4 atom stereocenters. The maximum Gasteiger partial charge on any atom is 0.183 e. The molecular weight excluding hydrogens is 164 g/mol. The summed E-state index contributed by atoms with van der Waals surface area (Å²) in [5.41, 5.74) is 0. The van der Waals surface area contributed by atoms with Crippen LogP contribution in [0.25, 0.3) is 0 Å². The number of hydrogen-bond donors (Lipinski definition) is 3. The Balaban J connectivity index is 2.50. The quantitative estimate of drug-likeness (QED) is 0.477. The first-order valence-corrected chi connectivity index (χ1v) is 3.84. The molecule has 72 valence electrons. The van der Waals surface area contributed by atoms with Crippen molar-refractivity contribution in [1.29, 1.82) is 0 Å². The van der Waals surface area contributed by atoms with E-state index in [9.17, 15) is 10.2 Å². The van der Waals surface area contributed by atoms with E-state index in [4.69, 9.17) is 14.6 Å². The van der Waals surface area contributed by atoms with Crippen LogP contribution in [0.15, 0.2) is 0 Å². The SMILES string of the molecule is CO[C@H]1O[C@H](CO)[C@@H](O)C[C@H]1O. The molecule has 0 aromatic rings. The summed E-state index contributed by atoms with van der Waals surface area (Å²) in [4.78, 5) is 0. The van der Waals surface area contributed by atoms with Crippen LogP contribution in [0, 0.1) is 0 Å². The number of aliphatic hydroxyl groups excluding tert-OH is 3. The van der Waals surface area contributed by atoms with Gasteiger partial charge in [0.2, 0.25) is 0 Å². The van der Waals surface area contributed by atoms with Gasteiger partial charge in [-0.25, -0.2) is 0 Å². The highest BCUT2D eigenvalue weighted by atomic mass is 16.7. The monoisotopic (exact) mass is 178 g/mol. The lowest BCUT2D eigenvalue weighted by atomic mass is 10.0. The van der Waals surface area contributed by atoms with E-state index >= 15 is 0 Å². The second-order valence-electron chi connectivity index (χ2n) is 2.83. The molecular formula is C7H14O5. The molecule has 5 heteroatoms. The van der Waals surface area contributed by atoms with Gasteiger partial charge < -0.3 is 24.8 Å². The zero-order chi connectivity index (χ0) is 9.14. The van der Waals surface area contributed by atoms with Crippen LogP contribution < -0.4 is 0 Å². The van der Waals surface area contributed by atoms with Gasteiger partial charge in [0.1, 0.15) is 12.2 Å². The van der Waals surface area contributed by atoms with E-state index in [1.165, 1.54) is 7.11 Å². The van der Waals surface area contributed by atoms with Crippen LogP contribution in [0.3, 0.4) is 0 Å². The summed E-state index contributed by atoms with van der Waals surface area (Å²) in [6.45, 7) is -0.270. The molecule has 1 aliphatic heterocycles. The first-order chi connectivity index (χ1) is 5.69. The van der Waals surface area contributed by atoms with Crippen LogP contribution in [0.2, 0.25) is 0 Å². The van der Waals surface area contributed by atoms with Crippen LogP contribution >= 0.6 is 0 Å². The average Bonchev–Trinajstić information content (AvgIpc) is 2.05. The van der Waals surface area contributed by atoms with Crippen LogP contribution in [0.1, 0.15) is 6.42 Å². The third kappa shape index (κ3) is 1.94. The van der Waals surface area contributed by atoms with Gasteiger partial charge in [-0.05, 0) is 0 Å². The molecule has 0 radical (unpaired) electrons. The number of aliphatic hydroxyl groups is 3. The zero-order valence-electron chi connectivity index (χ0n) is 6.88. The van der Waals surface area contributed by atoms with Crippen molar-refractivity contribution in [2.24, 2.45) is 0 Å². The fourth-order valence-electron chi connectivity index (χ4n) is 1.24. The second kappa shape index (κ2) is 4.15. The maximum absolute atomic E-state index is 9.26. The molecule has 1 aliphatic rings. The van der Waals surface area contributed by atoms with Gasteiger partial charge in [0, 0.05) is 13.5 Å². The lowest BCUT2D eigenvalue weighted by molar-refractivity contribution is -0.261. The van der Waals surface area contributed by atoms with Crippen LogP contribution in [-0.2, 0) is 9.47 Å². The Bertz CT molecular complexity index is 126. The minimum absolute atomic E-state index is 0.170. The maximum atomic E-state index is 9.26. The highest BCUT2D eigenvalue weighted by Crippen LogP contribution is 2.20. The van der Waals surface area contributed by atoms with E-state index < -0.39 is 24.6 Å².